The molecule has 0 spiro atoms. The van der Waals surface area contributed by atoms with Gasteiger partial charge in [0.2, 0.25) is 0 Å². The molecule has 0 amide bonds. The average molecular weight is 195 g/mol. The zero-order valence-electron chi connectivity index (χ0n) is 8.52. The van der Waals surface area contributed by atoms with Crippen LogP contribution in [0.25, 0.3) is 0 Å². The van der Waals surface area contributed by atoms with E-state index in [0.29, 0.717) is 12.5 Å². The first-order chi connectivity index (χ1) is 6.86. The van der Waals surface area contributed by atoms with Crippen molar-refractivity contribution in [3.63, 3.8) is 0 Å². The lowest BCUT2D eigenvalue weighted by atomic mass is 9.99. The Kier molecular flexibility index (Phi) is 2.84. The summed E-state index contributed by atoms with van der Waals surface area (Å²) in [5.74, 6) is 0.456. The molecule has 1 aliphatic rings. The van der Waals surface area contributed by atoms with Crippen molar-refractivity contribution >= 4 is 0 Å². The second-order valence-electron chi connectivity index (χ2n) is 3.65. The van der Waals surface area contributed by atoms with Gasteiger partial charge in [0.05, 0.1) is 5.69 Å². The molecule has 1 fully saturated rings. The summed E-state index contributed by atoms with van der Waals surface area (Å²) in [6.07, 6.45) is 3.05. The molecule has 0 aliphatic carbocycles. The van der Waals surface area contributed by atoms with Crippen LogP contribution in [0.1, 0.15) is 25.1 Å². The molecule has 0 radical (unpaired) electrons. The molecule has 1 aromatic heterocycles. The van der Waals surface area contributed by atoms with E-state index in [1.807, 2.05) is 16.9 Å². The average Bonchev–Trinajstić information content (AvgIpc) is 2.85. The summed E-state index contributed by atoms with van der Waals surface area (Å²) in [5, 5.41) is 4.24. The second-order valence-corrected chi connectivity index (χ2v) is 3.65. The molecule has 0 bridgehead atoms. The van der Waals surface area contributed by atoms with Crippen LogP contribution in [0.15, 0.2) is 12.3 Å². The van der Waals surface area contributed by atoms with Crippen LogP contribution < -0.4 is 5.73 Å². The quantitative estimate of drug-likeness (QED) is 0.781. The molecule has 2 atom stereocenters. The topological polar surface area (TPSA) is 53.1 Å². The summed E-state index contributed by atoms with van der Waals surface area (Å²) < 4.78 is 7.69. The minimum atomic E-state index is 0.155. The standard InChI is InChI=1S/C10H17N3O/c1-2-13-9(3-5-12-13)10-8(7-11)4-6-14-10/h3,5,8,10H,2,4,6-7,11H2,1H3/t8-,10+/m0/s1. The molecular weight excluding hydrogens is 178 g/mol. The van der Waals surface area contributed by atoms with Gasteiger partial charge in [-0.3, -0.25) is 4.68 Å². The van der Waals surface area contributed by atoms with Crippen molar-refractivity contribution in [1.82, 2.24) is 9.78 Å². The first-order valence-corrected chi connectivity index (χ1v) is 5.20. The van der Waals surface area contributed by atoms with Gasteiger partial charge < -0.3 is 10.5 Å². The number of hydrogen-bond donors (Lipinski definition) is 1. The maximum atomic E-state index is 5.71. The number of rotatable bonds is 3. The molecule has 1 saturated heterocycles. The van der Waals surface area contributed by atoms with Crippen molar-refractivity contribution < 1.29 is 4.74 Å². The van der Waals surface area contributed by atoms with Crippen molar-refractivity contribution in [3.05, 3.63) is 18.0 Å². The third-order valence-corrected chi connectivity index (χ3v) is 2.86. The maximum Gasteiger partial charge on any atom is 0.103 e. The number of nitrogens with two attached hydrogens (primary N) is 1. The Labute approximate surface area is 84.0 Å². The summed E-state index contributed by atoms with van der Waals surface area (Å²) in [5.41, 5.74) is 6.88. The number of aryl methyl sites for hydroxylation is 1. The van der Waals surface area contributed by atoms with Gasteiger partial charge in [-0.2, -0.15) is 5.10 Å². The molecular formula is C10H17N3O. The summed E-state index contributed by atoms with van der Waals surface area (Å²) >= 11 is 0. The van der Waals surface area contributed by atoms with Gasteiger partial charge >= 0.3 is 0 Å². The van der Waals surface area contributed by atoms with Crippen LogP contribution in [0.5, 0.6) is 0 Å². The highest BCUT2D eigenvalue weighted by Crippen LogP contribution is 2.33. The summed E-state index contributed by atoms with van der Waals surface area (Å²) in [6, 6.07) is 2.03. The molecule has 1 aliphatic heterocycles. The molecule has 1 aromatic rings. The Hall–Kier alpha value is -0.870. The molecule has 14 heavy (non-hydrogen) atoms. The number of ether oxygens (including phenoxy) is 1. The first-order valence-electron chi connectivity index (χ1n) is 5.20. The van der Waals surface area contributed by atoms with E-state index in [9.17, 15) is 0 Å². The van der Waals surface area contributed by atoms with E-state index in [1.54, 1.807) is 0 Å². The van der Waals surface area contributed by atoms with Gasteiger partial charge in [0.1, 0.15) is 6.10 Å². The highest BCUT2D eigenvalue weighted by Gasteiger charge is 2.30. The van der Waals surface area contributed by atoms with Crippen LogP contribution in [0.4, 0.5) is 0 Å². The number of aromatic nitrogens is 2. The molecule has 0 unspecified atom stereocenters. The molecule has 2 rings (SSSR count). The van der Waals surface area contributed by atoms with Crippen molar-refractivity contribution in [3.8, 4) is 0 Å². The number of hydrogen-bond acceptors (Lipinski definition) is 3. The highest BCUT2D eigenvalue weighted by atomic mass is 16.5. The van der Waals surface area contributed by atoms with Crippen molar-refractivity contribution in [2.45, 2.75) is 26.0 Å². The molecule has 78 valence electrons. The SMILES string of the molecule is CCn1nccc1[C@@H]1OCC[C@H]1CN. The van der Waals surface area contributed by atoms with Crippen LogP contribution in [-0.4, -0.2) is 22.9 Å². The van der Waals surface area contributed by atoms with E-state index in [1.165, 1.54) is 5.69 Å². The van der Waals surface area contributed by atoms with Crippen molar-refractivity contribution in [2.24, 2.45) is 11.7 Å². The smallest absolute Gasteiger partial charge is 0.103 e. The minimum Gasteiger partial charge on any atom is -0.372 e. The Bertz CT molecular complexity index is 297. The Balaban J connectivity index is 2.21. The van der Waals surface area contributed by atoms with E-state index in [2.05, 4.69) is 12.0 Å². The largest absolute Gasteiger partial charge is 0.372 e. The molecule has 0 saturated carbocycles. The predicted octanol–water partition coefficient (Wildman–Crippen LogP) is 0.939. The first kappa shape index (κ1) is 9.68. The van der Waals surface area contributed by atoms with Gasteiger partial charge in [0, 0.05) is 25.3 Å². The third kappa shape index (κ3) is 1.55. The maximum absolute atomic E-state index is 5.71. The van der Waals surface area contributed by atoms with Gasteiger partial charge in [-0.05, 0) is 26.0 Å². The fraction of sp³-hybridized carbons (Fsp3) is 0.700. The van der Waals surface area contributed by atoms with Crippen LogP contribution in [0.2, 0.25) is 0 Å². The molecule has 0 aromatic carbocycles. The molecule has 2 heterocycles. The van der Waals surface area contributed by atoms with Crippen LogP contribution in [-0.2, 0) is 11.3 Å². The van der Waals surface area contributed by atoms with E-state index in [0.717, 1.165) is 19.6 Å². The van der Waals surface area contributed by atoms with Crippen molar-refractivity contribution in [1.29, 1.82) is 0 Å². The molecule has 4 heteroatoms. The van der Waals surface area contributed by atoms with Gasteiger partial charge in [-0.15, -0.1) is 0 Å². The lowest BCUT2D eigenvalue weighted by molar-refractivity contribution is 0.0850. The fourth-order valence-electron chi connectivity index (χ4n) is 2.05. The predicted molar refractivity (Wildman–Crippen MR) is 53.8 cm³/mol. The Morgan fingerprint density at radius 1 is 1.71 bits per heavy atom. The lowest BCUT2D eigenvalue weighted by Gasteiger charge is -2.17. The number of nitrogens with zero attached hydrogens (tertiary/aromatic N) is 2. The summed E-state index contributed by atoms with van der Waals surface area (Å²) in [4.78, 5) is 0. The monoisotopic (exact) mass is 195 g/mol. The summed E-state index contributed by atoms with van der Waals surface area (Å²) in [7, 11) is 0. The van der Waals surface area contributed by atoms with Crippen LogP contribution >= 0.6 is 0 Å². The van der Waals surface area contributed by atoms with Gasteiger partial charge in [-0.1, -0.05) is 0 Å². The molecule has 2 N–H and O–H groups in total. The van der Waals surface area contributed by atoms with Gasteiger partial charge in [0.25, 0.3) is 0 Å². The van der Waals surface area contributed by atoms with E-state index < -0.39 is 0 Å². The zero-order chi connectivity index (χ0) is 9.97. The molecule has 4 nitrogen and oxygen atoms in total. The van der Waals surface area contributed by atoms with Gasteiger partial charge in [-0.25, -0.2) is 0 Å². The second kappa shape index (κ2) is 4.11. The fourth-order valence-corrected chi connectivity index (χ4v) is 2.05. The Morgan fingerprint density at radius 2 is 2.57 bits per heavy atom. The van der Waals surface area contributed by atoms with Crippen molar-refractivity contribution in [2.75, 3.05) is 13.2 Å². The van der Waals surface area contributed by atoms with Crippen LogP contribution in [0.3, 0.4) is 0 Å². The van der Waals surface area contributed by atoms with Crippen LogP contribution in [0, 0.1) is 5.92 Å². The third-order valence-electron chi connectivity index (χ3n) is 2.86. The summed E-state index contributed by atoms with van der Waals surface area (Å²) in [6.45, 7) is 4.49. The van der Waals surface area contributed by atoms with E-state index >= 15 is 0 Å². The Morgan fingerprint density at radius 3 is 3.29 bits per heavy atom. The normalized spacial score (nSPS) is 27.0. The van der Waals surface area contributed by atoms with Gasteiger partial charge in [0.15, 0.2) is 0 Å². The highest BCUT2D eigenvalue weighted by molar-refractivity contribution is 5.08. The minimum absolute atomic E-state index is 0.155. The zero-order valence-corrected chi connectivity index (χ0v) is 8.52. The van der Waals surface area contributed by atoms with E-state index in [-0.39, 0.29) is 6.10 Å². The van der Waals surface area contributed by atoms with E-state index in [4.69, 9.17) is 10.5 Å². The lowest BCUT2D eigenvalue weighted by Crippen LogP contribution is -2.20.